The number of carbonyl (C=O) groups excluding carboxylic acids is 1. The van der Waals surface area contributed by atoms with Crippen LogP contribution in [0.25, 0.3) is 5.82 Å². The molecule has 0 spiro atoms. The van der Waals surface area contributed by atoms with E-state index in [-0.39, 0.29) is 23.9 Å². The number of hydrogen-bond acceptors (Lipinski definition) is 6. The lowest BCUT2D eigenvalue weighted by atomic mass is 10.1. The highest BCUT2D eigenvalue weighted by Gasteiger charge is 2.10. The van der Waals surface area contributed by atoms with Gasteiger partial charge in [-0.05, 0) is 12.8 Å². The van der Waals surface area contributed by atoms with Crippen LogP contribution in [-0.4, -0.2) is 35.0 Å². The first kappa shape index (κ1) is 17.5. The SMILES string of the molecule is Cc1nccn1-c1cc(NC(=O)Cn2cnc(C(C)C)cc2=O)ncn1. The molecule has 0 unspecified atom stereocenters. The lowest BCUT2D eigenvalue weighted by Gasteiger charge is -2.09. The van der Waals surface area contributed by atoms with Crippen molar-refractivity contribution < 1.29 is 4.79 Å². The molecule has 1 N–H and O–H groups in total. The maximum Gasteiger partial charge on any atom is 0.254 e. The summed E-state index contributed by atoms with van der Waals surface area (Å²) < 4.78 is 3.03. The second-order valence-corrected chi connectivity index (χ2v) is 6.09. The maximum atomic E-state index is 12.2. The molecule has 9 nitrogen and oxygen atoms in total. The van der Waals surface area contributed by atoms with E-state index in [1.54, 1.807) is 23.0 Å². The van der Waals surface area contributed by atoms with Crippen LogP contribution in [0.4, 0.5) is 5.82 Å². The average molecular weight is 353 g/mol. The van der Waals surface area contributed by atoms with E-state index in [1.807, 2.05) is 20.8 Å². The van der Waals surface area contributed by atoms with Gasteiger partial charge in [0.1, 0.15) is 30.3 Å². The zero-order valence-corrected chi connectivity index (χ0v) is 14.7. The Morgan fingerprint density at radius 3 is 2.65 bits per heavy atom. The molecule has 3 aromatic heterocycles. The van der Waals surface area contributed by atoms with Gasteiger partial charge < -0.3 is 5.32 Å². The molecule has 0 aliphatic rings. The summed E-state index contributed by atoms with van der Waals surface area (Å²) in [6.45, 7) is 5.61. The summed E-state index contributed by atoms with van der Waals surface area (Å²) in [6.07, 6.45) is 6.17. The van der Waals surface area contributed by atoms with E-state index in [9.17, 15) is 9.59 Å². The molecule has 9 heteroatoms. The highest BCUT2D eigenvalue weighted by molar-refractivity contribution is 5.89. The lowest BCUT2D eigenvalue weighted by molar-refractivity contribution is -0.116. The zero-order valence-electron chi connectivity index (χ0n) is 14.7. The van der Waals surface area contributed by atoms with Crippen LogP contribution in [0.2, 0.25) is 0 Å². The van der Waals surface area contributed by atoms with Crippen molar-refractivity contribution in [3.8, 4) is 5.82 Å². The van der Waals surface area contributed by atoms with Crippen molar-refractivity contribution in [1.29, 1.82) is 0 Å². The molecule has 0 saturated heterocycles. The van der Waals surface area contributed by atoms with Gasteiger partial charge in [0.05, 0.1) is 12.0 Å². The molecular weight excluding hydrogens is 334 g/mol. The van der Waals surface area contributed by atoms with Crippen molar-refractivity contribution in [3.05, 3.63) is 59.1 Å². The largest absolute Gasteiger partial charge is 0.309 e. The van der Waals surface area contributed by atoms with E-state index in [0.29, 0.717) is 17.3 Å². The number of aryl methyl sites for hydroxylation is 1. The molecule has 0 aromatic carbocycles. The third-order valence-electron chi connectivity index (χ3n) is 3.80. The van der Waals surface area contributed by atoms with Crippen molar-refractivity contribution in [2.75, 3.05) is 5.32 Å². The van der Waals surface area contributed by atoms with Gasteiger partial charge in [-0.15, -0.1) is 0 Å². The van der Waals surface area contributed by atoms with Gasteiger partial charge in [0, 0.05) is 24.5 Å². The highest BCUT2D eigenvalue weighted by Crippen LogP contribution is 2.11. The summed E-state index contributed by atoms with van der Waals surface area (Å²) in [5.41, 5.74) is 0.430. The number of amides is 1. The second kappa shape index (κ2) is 7.26. The van der Waals surface area contributed by atoms with E-state index >= 15 is 0 Å². The molecule has 0 aliphatic carbocycles. The summed E-state index contributed by atoms with van der Waals surface area (Å²) in [5, 5.41) is 2.67. The number of nitrogens with one attached hydrogen (secondary N) is 1. The molecule has 0 radical (unpaired) electrons. The smallest absolute Gasteiger partial charge is 0.254 e. The second-order valence-electron chi connectivity index (χ2n) is 6.09. The van der Waals surface area contributed by atoms with Crippen LogP contribution < -0.4 is 10.9 Å². The van der Waals surface area contributed by atoms with Crippen molar-refractivity contribution in [1.82, 2.24) is 29.1 Å². The molecule has 134 valence electrons. The number of hydrogen-bond donors (Lipinski definition) is 1. The highest BCUT2D eigenvalue weighted by atomic mass is 16.2. The Bertz CT molecular complexity index is 991. The van der Waals surface area contributed by atoms with E-state index in [1.165, 1.54) is 23.3 Å². The first-order valence-corrected chi connectivity index (χ1v) is 8.12. The van der Waals surface area contributed by atoms with Gasteiger partial charge >= 0.3 is 0 Å². The van der Waals surface area contributed by atoms with Crippen LogP contribution in [0.15, 0.2) is 42.0 Å². The summed E-state index contributed by atoms with van der Waals surface area (Å²) in [5.74, 6) is 1.47. The molecule has 0 bridgehead atoms. The summed E-state index contributed by atoms with van der Waals surface area (Å²) in [4.78, 5) is 40.9. The van der Waals surface area contributed by atoms with Crippen LogP contribution >= 0.6 is 0 Å². The van der Waals surface area contributed by atoms with Crippen LogP contribution in [-0.2, 0) is 11.3 Å². The van der Waals surface area contributed by atoms with Gasteiger partial charge in [-0.3, -0.25) is 18.7 Å². The minimum Gasteiger partial charge on any atom is -0.309 e. The number of aromatic nitrogens is 6. The number of anilines is 1. The van der Waals surface area contributed by atoms with Crippen LogP contribution in [0, 0.1) is 6.92 Å². The molecule has 0 saturated carbocycles. The Morgan fingerprint density at radius 2 is 2.00 bits per heavy atom. The number of rotatable bonds is 5. The molecular formula is C17H19N7O2. The first-order chi connectivity index (χ1) is 12.4. The number of imidazole rings is 1. The summed E-state index contributed by atoms with van der Waals surface area (Å²) in [6, 6.07) is 3.08. The van der Waals surface area contributed by atoms with Crippen molar-refractivity contribution >= 4 is 11.7 Å². The fraction of sp³-hybridized carbons (Fsp3) is 0.294. The predicted molar refractivity (Wildman–Crippen MR) is 95.1 cm³/mol. The fourth-order valence-corrected chi connectivity index (χ4v) is 2.38. The van der Waals surface area contributed by atoms with Crippen LogP contribution in [0.5, 0.6) is 0 Å². The van der Waals surface area contributed by atoms with Gasteiger partial charge in [0.2, 0.25) is 5.91 Å². The molecule has 3 rings (SSSR count). The topological polar surface area (TPSA) is 108 Å². The third kappa shape index (κ3) is 3.82. The lowest BCUT2D eigenvalue weighted by Crippen LogP contribution is -2.28. The Kier molecular flexibility index (Phi) is 4.87. The maximum absolute atomic E-state index is 12.2. The minimum atomic E-state index is -0.377. The summed E-state index contributed by atoms with van der Waals surface area (Å²) in [7, 11) is 0. The van der Waals surface area contributed by atoms with Crippen molar-refractivity contribution in [3.63, 3.8) is 0 Å². The number of nitrogens with zero attached hydrogens (tertiary/aromatic N) is 6. The van der Waals surface area contributed by atoms with E-state index < -0.39 is 0 Å². The Labute approximate surface area is 149 Å². The molecule has 0 fully saturated rings. The van der Waals surface area contributed by atoms with E-state index in [0.717, 1.165) is 5.82 Å². The molecule has 3 heterocycles. The van der Waals surface area contributed by atoms with Crippen molar-refractivity contribution in [2.24, 2.45) is 0 Å². The van der Waals surface area contributed by atoms with Crippen molar-refractivity contribution in [2.45, 2.75) is 33.2 Å². The predicted octanol–water partition coefficient (Wildman–Crippen LogP) is 1.29. The Hall–Kier alpha value is -3.36. The first-order valence-electron chi connectivity index (χ1n) is 8.12. The Balaban J connectivity index is 1.73. The van der Waals surface area contributed by atoms with Gasteiger partial charge in [0.15, 0.2) is 0 Å². The Morgan fingerprint density at radius 1 is 1.19 bits per heavy atom. The van der Waals surface area contributed by atoms with E-state index in [2.05, 4.69) is 25.3 Å². The average Bonchev–Trinajstić information content (AvgIpc) is 3.03. The van der Waals surface area contributed by atoms with Gasteiger partial charge in [-0.2, -0.15) is 0 Å². The molecule has 26 heavy (non-hydrogen) atoms. The number of carbonyl (C=O) groups is 1. The van der Waals surface area contributed by atoms with Gasteiger partial charge in [0.25, 0.3) is 5.56 Å². The van der Waals surface area contributed by atoms with Gasteiger partial charge in [-0.25, -0.2) is 19.9 Å². The quantitative estimate of drug-likeness (QED) is 0.740. The third-order valence-corrected chi connectivity index (χ3v) is 3.80. The van der Waals surface area contributed by atoms with Crippen LogP contribution in [0.3, 0.4) is 0 Å². The van der Waals surface area contributed by atoms with Crippen LogP contribution in [0.1, 0.15) is 31.3 Å². The molecule has 1 amide bonds. The normalized spacial score (nSPS) is 10.9. The van der Waals surface area contributed by atoms with E-state index in [4.69, 9.17) is 0 Å². The summed E-state index contributed by atoms with van der Waals surface area (Å²) >= 11 is 0. The molecule has 0 aliphatic heterocycles. The monoisotopic (exact) mass is 353 g/mol. The zero-order chi connectivity index (χ0) is 18.7. The minimum absolute atomic E-state index is 0.145. The molecule has 3 aromatic rings. The van der Waals surface area contributed by atoms with Gasteiger partial charge in [-0.1, -0.05) is 13.8 Å². The fourth-order valence-electron chi connectivity index (χ4n) is 2.38. The molecule has 0 atom stereocenters. The standard InChI is InChI=1S/C17H19N7O2/c1-11(2)13-6-17(26)23(10-21-13)8-16(25)22-14-7-15(20-9-19-14)24-5-4-18-12(24)3/h4-7,9-11H,8H2,1-3H3,(H,19,20,22,25).